The zero-order chi connectivity index (χ0) is 16.1. The fourth-order valence-electron chi connectivity index (χ4n) is 1.77. The number of urea groups is 1. The second-order valence-electron chi connectivity index (χ2n) is 4.53. The highest BCUT2D eigenvalue weighted by Crippen LogP contribution is 2.16. The molecule has 0 aliphatic rings. The lowest BCUT2D eigenvalue weighted by molar-refractivity contribution is 0.174. The largest absolute Gasteiger partial charge is 0.387 e. The Balaban J connectivity index is 1.88. The molecule has 0 radical (unpaired) electrons. The quantitative estimate of drug-likeness (QED) is 0.805. The van der Waals surface area contributed by atoms with E-state index in [0.29, 0.717) is 10.7 Å². The van der Waals surface area contributed by atoms with E-state index in [1.54, 1.807) is 24.3 Å². The number of hydrogen-bond donors (Lipinski definition) is 3. The second kappa shape index (κ2) is 7.20. The summed E-state index contributed by atoms with van der Waals surface area (Å²) in [5.74, 6) is -2.05. The lowest BCUT2D eigenvalue weighted by Crippen LogP contribution is -2.32. The molecule has 0 spiro atoms. The Kier molecular flexibility index (Phi) is 5.30. The molecule has 0 fully saturated rings. The first kappa shape index (κ1) is 16.2. The van der Waals surface area contributed by atoms with E-state index in [2.05, 4.69) is 10.6 Å². The molecule has 0 aliphatic heterocycles. The highest BCUT2D eigenvalue weighted by atomic mass is 35.5. The minimum Gasteiger partial charge on any atom is -0.387 e. The Morgan fingerprint density at radius 1 is 1.18 bits per heavy atom. The minimum absolute atomic E-state index is 0.155. The van der Waals surface area contributed by atoms with E-state index in [1.165, 1.54) is 6.07 Å². The minimum atomic E-state index is -1.15. The van der Waals surface area contributed by atoms with E-state index in [0.717, 1.165) is 12.1 Å². The van der Waals surface area contributed by atoms with Gasteiger partial charge in [0.15, 0.2) is 11.6 Å². The highest BCUT2D eigenvalue weighted by molar-refractivity contribution is 6.30. The van der Waals surface area contributed by atoms with Gasteiger partial charge in [-0.2, -0.15) is 0 Å². The molecule has 4 nitrogen and oxygen atoms in total. The smallest absolute Gasteiger partial charge is 0.319 e. The van der Waals surface area contributed by atoms with E-state index in [-0.39, 0.29) is 12.1 Å². The van der Waals surface area contributed by atoms with Crippen LogP contribution >= 0.6 is 11.6 Å². The summed E-state index contributed by atoms with van der Waals surface area (Å²) in [6, 6.07) is 9.05. The topological polar surface area (TPSA) is 61.4 Å². The van der Waals surface area contributed by atoms with Crippen molar-refractivity contribution in [2.45, 2.75) is 6.10 Å². The van der Waals surface area contributed by atoms with Crippen LogP contribution in [-0.4, -0.2) is 17.7 Å². The van der Waals surface area contributed by atoms with Crippen molar-refractivity contribution in [3.63, 3.8) is 0 Å². The van der Waals surface area contributed by atoms with Gasteiger partial charge in [-0.15, -0.1) is 0 Å². The molecule has 2 aromatic carbocycles. The van der Waals surface area contributed by atoms with Crippen molar-refractivity contribution >= 4 is 23.3 Å². The lowest BCUT2D eigenvalue weighted by Gasteiger charge is -2.13. The van der Waals surface area contributed by atoms with Gasteiger partial charge in [-0.25, -0.2) is 13.6 Å². The number of hydrogen-bond acceptors (Lipinski definition) is 2. The van der Waals surface area contributed by atoms with Gasteiger partial charge in [-0.05, 0) is 35.9 Å². The Morgan fingerprint density at radius 3 is 2.64 bits per heavy atom. The maximum Gasteiger partial charge on any atom is 0.319 e. The van der Waals surface area contributed by atoms with Crippen molar-refractivity contribution in [1.29, 1.82) is 0 Å². The summed E-state index contributed by atoms with van der Waals surface area (Å²) < 4.78 is 25.9. The Bertz CT molecular complexity index is 682. The first-order valence-electron chi connectivity index (χ1n) is 6.39. The SMILES string of the molecule is O=C(NC[C@@H](O)c1ccc(F)c(F)c1)Nc1cccc(Cl)c1. The first-order chi connectivity index (χ1) is 10.5. The van der Waals surface area contributed by atoms with Gasteiger partial charge >= 0.3 is 6.03 Å². The van der Waals surface area contributed by atoms with Gasteiger partial charge in [-0.1, -0.05) is 23.7 Å². The predicted molar refractivity (Wildman–Crippen MR) is 79.8 cm³/mol. The molecule has 0 aromatic heterocycles. The van der Waals surface area contributed by atoms with Gasteiger partial charge in [-0.3, -0.25) is 0 Å². The van der Waals surface area contributed by atoms with Gasteiger partial charge in [0.1, 0.15) is 0 Å². The molecular weight excluding hydrogens is 314 g/mol. The summed E-state index contributed by atoms with van der Waals surface area (Å²) in [5, 5.41) is 15.3. The van der Waals surface area contributed by atoms with E-state index < -0.39 is 23.8 Å². The molecule has 22 heavy (non-hydrogen) atoms. The van der Waals surface area contributed by atoms with Gasteiger partial charge in [0.05, 0.1) is 6.10 Å². The number of rotatable bonds is 4. The van der Waals surface area contributed by atoms with Crippen molar-refractivity contribution in [3.8, 4) is 0 Å². The normalized spacial score (nSPS) is 11.8. The summed E-state index contributed by atoms with van der Waals surface area (Å²) in [6.07, 6.45) is -1.15. The van der Waals surface area contributed by atoms with Crippen LogP contribution in [0.1, 0.15) is 11.7 Å². The first-order valence-corrected chi connectivity index (χ1v) is 6.77. The summed E-state index contributed by atoms with van der Waals surface area (Å²) in [4.78, 5) is 11.7. The molecule has 7 heteroatoms. The van der Waals surface area contributed by atoms with Crippen LogP contribution in [0, 0.1) is 11.6 Å². The third-order valence-corrected chi connectivity index (χ3v) is 3.10. The Labute approximate surface area is 130 Å². The molecule has 3 N–H and O–H groups in total. The number of nitrogens with one attached hydrogen (secondary N) is 2. The number of aliphatic hydroxyl groups is 1. The van der Waals surface area contributed by atoms with Gasteiger partial charge < -0.3 is 15.7 Å². The Hall–Kier alpha value is -2.18. The number of carbonyl (C=O) groups excluding carboxylic acids is 1. The van der Waals surface area contributed by atoms with Crippen LogP contribution in [0.15, 0.2) is 42.5 Å². The van der Waals surface area contributed by atoms with Crippen LogP contribution in [-0.2, 0) is 0 Å². The van der Waals surface area contributed by atoms with E-state index in [1.807, 2.05) is 0 Å². The molecule has 0 heterocycles. The number of amides is 2. The molecule has 0 saturated heterocycles. The standard InChI is InChI=1S/C15H13ClF2N2O2/c16-10-2-1-3-11(7-10)20-15(22)19-8-14(21)9-4-5-12(17)13(18)6-9/h1-7,14,21H,8H2,(H2,19,20,22)/t14-/m1/s1. The zero-order valence-corrected chi connectivity index (χ0v) is 12.1. The average Bonchev–Trinajstić information content (AvgIpc) is 2.47. The Morgan fingerprint density at radius 2 is 1.95 bits per heavy atom. The van der Waals surface area contributed by atoms with Crippen LogP contribution in [0.4, 0.5) is 19.3 Å². The van der Waals surface area contributed by atoms with E-state index >= 15 is 0 Å². The second-order valence-corrected chi connectivity index (χ2v) is 4.97. The summed E-state index contributed by atoms with van der Waals surface area (Å²) >= 11 is 5.79. The number of aliphatic hydroxyl groups excluding tert-OH is 1. The van der Waals surface area contributed by atoms with E-state index in [9.17, 15) is 18.7 Å². The molecular formula is C15H13ClF2N2O2. The monoisotopic (exact) mass is 326 g/mol. The third kappa shape index (κ3) is 4.41. The van der Waals surface area contributed by atoms with E-state index in [4.69, 9.17) is 11.6 Å². The molecule has 2 aromatic rings. The zero-order valence-electron chi connectivity index (χ0n) is 11.3. The highest BCUT2D eigenvalue weighted by Gasteiger charge is 2.12. The van der Waals surface area contributed by atoms with Crippen LogP contribution in [0.5, 0.6) is 0 Å². The summed E-state index contributed by atoms with van der Waals surface area (Å²) in [5.41, 5.74) is 0.661. The maximum atomic E-state index is 13.1. The van der Waals surface area contributed by atoms with Gasteiger partial charge in [0.25, 0.3) is 0 Å². The summed E-state index contributed by atoms with van der Waals surface area (Å²) in [6.45, 7) is -0.155. The van der Waals surface area contributed by atoms with Crippen molar-refractivity contribution in [2.24, 2.45) is 0 Å². The van der Waals surface area contributed by atoms with Crippen LogP contribution < -0.4 is 10.6 Å². The number of benzene rings is 2. The number of anilines is 1. The molecule has 0 unspecified atom stereocenters. The van der Waals surface area contributed by atoms with Crippen molar-refractivity contribution < 1.29 is 18.7 Å². The molecule has 1 atom stereocenters. The fraction of sp³-hybridized carbons (Fsp3) is 0.133. The summed E-state index contributed by atoms with van der Waals surface area (Å²) in [7, 11) is 0. The molecule has 2 amide bonds. The van der Waals surface area contributed by atoms with Gasteiger partial charge in [0.2, 0.25) is 0 Å². The molecule has 0 aliphatic carbocycles. The van der Waals surface area contributed by atoms with Crippen LogP contribution in [0.2, 0.25) is 5.02 Å². The fourth-order valence-corrected chi connectivity index (χ4v) is 1.96. The lowest BCUT2D eigenvalue weighted by atomic mass is 10.1. The van der Waals surface area contributed by atoms with Crippen LogP contribution in [0.25, 0.3) is 0 Å². The van der Waals surface area contributed by atoms with Crippen LogP contribution in [0.3, 0.4) is 0 Å². The number of carbonyl (C=O) groups is 1. The maximum absolute atomic E-state index is 13.1. The molecule has 2 rings (SSSR count). The molecule has 116 valence electrons. The molecule has 0 bridgehead atoms. The van der Waals surface area contributed by atoms with Crippen molar-refractivity contribution in [2.75, 3.05) is 11.9 Å². The molecule has 0 saturated carbocycles. The van der Waals surface area contributed by atoms with Crippen molar-refractivity contribution in [3.05, 3.63) is 64.7 Å². The average molecular weight is 327 g/mol. The third-order valence-electron chi connectivity index (χ3n) is 2.87. The van der Waals surface area contributed by atoms with Gasteiger partial charge in [0, 0.05) is 17.3 Å². The van der Waals surface area contributed by atoms with Crippen molar-refractivity contribution in [1.82, 2.24) is 5.32 Å². The predicted octanol–water partition coefficient (Wildman–Crippen LogP) is 3.47. The number of halogens is 3.